The van der Waals surface area contributed by atoms with Crippen LogP contribution < -0.4 is 0 Å². The van der Waals surface area contributed by atoms with E-state index in [-0.39, 0.29) is 8.67 Å². The molecule has 4 rings (SSSR count). The van der Waals surface area contributed by atoms with E-state index in [0.29, 0.717) is 11.5 Å². The second-order valence-electron chi connectivity index (χ2n) is 9.25. The maximum absolute atomic E-state index is 14.9. The molecule has 0 bridgehead atoms. The molecule has 32 heavy (non-hydrogen) atoms. The van der Waals surface area contributed by atoms with Crippen molar-refractivity contribution < 1.29 is 7.24 Å². The highest BCUT2D eigenvalue weighted by Gasteiger charge is 2.22. The summed E-state index contributed by atoms with van der Waals surface area (Å²) in [4.78, 5) is 0. The first-order valence-corrected chi connectivity index (χ1v) is 12.1. The van der Waals surface area contributed by atoms with E-state index in [1.54, 1.807) is 6.07 Å². The van der Waals surface area contributed by atoms with Gasteiger partial charge < -0.3 is 0 Å². The third-order valence-electron chi connectivity index (χ3n) is 7.11. The summed E-state index contributed by atoms with van der Waals surface area (Å²) >= 11 is 0. The summed E-state index contributed by atoms with van der Waals surface area (Å²) in [7, 11) is 0. The van der Waals surface area contributed by atoms with E-state index < -0.39 is 0 Å². The molecule has 1 aliphatic carbocycles. The van der Waals surface area contributed by atoms with Crippen molar-refractivity contribution in [1.29, 1.82) is 0 Å². The van der Waals surface area contributed by atoms with Crippen LogP contribution in [0, 0.1) is 24.1 Å². The average Bonchev–Trinajstić information content (AvgIpc) is 2.85. The number of terminal acetylenes is 1. The highest BCUT2D eigenvalue weighted by molar-refractivity contribution is 5.71. The van der Waals surface area contributed by atoms with Crippen molar-refractivity contribution in [3.05, 3.63) is 83.7 Å². The lowest BCUT2D eigenvalue weighted by Crippen LogP contribution is -2.13. The maximum atomic E-state index is 14.9. The van der Waals surface area contributed by atoms with Crippen molar-refractivity contribution in [2.24, 2.45) is 5.92 Å². The Labute approximate surface area is 195 Å². The first kappa shape index (κ1) is 22.3. The highest BCUT2D eigenvalue weighted by atomic mass is 19.1. The third-order valence-corrected chi connectivity index (χ3v) is 7.11. The molecule has 0 atom stereocenters. The van der Waals surface area contributed by atoms with Gasteiger partial charge in [0.05, 0.1) is 0 Å². The number of hydrogen-bond donors (Lipinski definition) is 0. The highest BCUT2D eigenvalue weighted by Crippen LogP contribution is 2.38. The van der Waals surface area contributed by atoms with Gasteiger partial charge in [0.15, 0.2) is 0 Å². The summed E-state index contributed by atoms with van der Waals surface area (Å²) < 4.78 is 14.9. The molecule has 168 valence electrons. The molecule has 3 aromatic carbocycles. The molecule has 3 aromatic rings. The Morgan fingerprint density at radius 1 is 0.844 bits per heavy atom. The van der Waals surface area contributed by atoms with E-state index >= 15 is 0 Å². The average molecular weight is 429 g/mol. The molecule has 0 nitrogen and oxygen atoms in total. The third kappa shape index (κ3) is 5.31. The van der Waals surface area contributed by atoms with Gasteiger partial charge >= 0.3 is 0 Å². The molecule has 1 heteroatoms. The second-order valence-corrected chi connectivity index (χ2v) is 9.25. The minimum absolute atomic E-state index is 0. The lowest BCUT2D eigenvalue weighted by Gasteiger charge is -2.29. The van der Waals surface area contributed by atoms with Gasteiger partial charge in [-0.05, 0) is 78.0 Å². The monoisotopic (exact) mass is 428 g/mol. The fourth-order valence-corrected chi connectivity index (χ4v) is 5.09. The number of rotatable bonds is 7. The van der Waals surface area contributed by atoms with Gasteiger partial charge in [-0.2, -0.15) is 0 Å². The fraction of sp³-hybridized carbons (Fsp3) is 0.355. The van der Waals surface area contributed by atoms with Gasteiger partial charge in [-0.25, -0.2) is 4.39 Å². The fourth-order valence-electron chi connectivity index (χ4n) is 5.09. The summed E-state index contributed by atoms with van der Waals surface area (Å²) in [5.41, 5.74) is 5.66. The Morgan fingerprint density at radius 3 is 2.12 bits per heavy atom. The molecule has 0 saturated heterocycles. The summed E-state index contributed by atoms with van der Waals surface area (Å²) in [5, 5.41) is 0. The normalized spacial score (nSPS) is 18.3. The summed E-state index contributed by atoms with van der Waals surface area (Å²) in [6.07, 6.45) is 16.3. The summed E-state index contributed by atoms with van der Waals surface area (Å²) in [5.74, 6) is 4.00. The smallest absolute Gasteiger partial charge is 0.131 e. The minimum atomic E-state index is -0.207. The largest absolute Gasteiger partial charge is 0.206 e. The molecule has 0 amide bonds. The van der Waals surface area contributed by atoms with Gasteiger partial charge in [0.2, 0.25) is 0 Å². The molecule has 0 radical (unpaired) electrons. The van der Waals surface area contributed by atoms with Crippen LogP contribution >= 0.6 is 0 Å². The number of benzene rings is 3. The van der Waals surface area contributed by atoms with E-state index in [1.807, 2.05) is 36.4 Å². The van der Waals surface area contributed by atoms with Crippen molar-refractivity contribution in [2.45, 2.75) is 64.2 Å². The number of halogens is 1. The molecule has 1 fully saturated rings. The molecule has 1 saturated carbocycles. The Hall–Kier alpha value is -2.85. The van der Waals surface area contributed by atoms with Crippen LogP contribution in [0.15, 0.2) is 66.7 Å². The number of hydrogen-bond acceptors (Lipinski definition) is 0. The topological polar surface area (TPSA) is 0 Å². The molecule has 0 unspecified atom stereocenters. The lowest BCUT2D eigenvalue weighted by molar-refractivity contribution is 0.303. The zero-order valence-electron chi connectivity index (χ0n) is 19.1. The van der Waals surface area contributed by atoms with E-state index in [9.17, 15) is 4.39 Å². The predicted octanol–water partition coefficient (Wildman–Crippen LogP) is 9.49. The van der Waals surface area contributed by atoms with Crippen LogP contribution in [0.3, 0.4) is 0 Å². The minimum Gasteiger partial charge on any atom is -0.206 e. The number of unbranched alkanes of at least 4 members (excludes halogenated alkanes) is 2. The quantitative estimate of drug-likeness (QED) is 0.260. The standard InChI is InChI=1S/C31H33F.2H2/c1-3-5-6-7-24-10-12-25(13-11-24)26-16-18-27(19-17-26)29-20-21-30(31(32)22-29)28-14-8-23(4-2)9-15-28;;/h2,8-9,14-22,24-25H,3,5-7,10-13H2,1H3;2*1H. The van der Waals surface area contributed by atoms with Gasteiger partial charge in [-0.15, -0.1) is 6.42 Å². The van der Waals surface area contributed by atoms with Crippen LogP contribution in [-0.2, 0) is 0 Å². The Bertz CT molecular complexity index is 1060. The van der Waals surface area contributed by atoms with Crippen LogP contribution in [-0.4, -0.2) is 0 Å². The van der Waals surface area contributed by atoms with Gasteiger partial charge in [0.1, 0.15) is 5.82 Å². The van der Waals surface area contributed by atoms with Crippen molar-refractivity contribution >= 4 is 0 Å². The van der Waals surface area contributed by atoms with Crippen LogP contribution in [0.25, 0.3) is 22.3 Å². The van der Waals surface area contributed by atoms with Crippen LogP contribution in [0.2, 0.25) is 0 Å². The molecular formula is C31H37F. The molecule has 0 N–H and O–H groups in total. The van der Waals surface area contributed by atoms with E-state index in [1.165, 1.54) is 56.9 Å². The van der Waals surface area contributed by atoms with Gasteiger partial charge in [-0.1, -0.05) is 87.1 Å². The first-order chi connectivity index (χ1) is 15.7. The van der Waals surface area contributed by atoms with Crippen LogP contribution in [0.5, 0.6) is 0 Å². The molecule has 0 heterocycles. The van der Waals surface area contributed by atoms with Gasteiger partial charge in [-0.3, -0.25) is 0 Å². The molecule has 0 spiro atoms. The van der Waals surface area contributed by atoms with Crippen molar-refractivity contribution in [3.8, 4) is 34.6 Å². The van der Waals surface area contributed by atoms with Crippen molar-refractivity contribution in [2.75, 3.05) is 0 Å². The SMILES string of the molecule is C#Cc1ccc(-c2ccc(-c3ccc(C4CCC(CCCCC)CC4)cc3)cc2F)cc1.[HH].[HH]. The first-order valence-electron chi connectivity index (χ1n) is 12.1. The molecule has 0 aliphatic heterocycles. The zero-order chi connectivity index (χ0) is 22.3. The molecule has 0 aromatic heterocycles. The van der Waals surface area contributed by atoms with Crippen LogP contribution in [0.1, 0.15) is 78.2 Å². The van der Waals surface area contributed by atoms with E-state index in [2.05, 4.69) is 37.1 Å². The van der Waals surface area contributed by atoms with E-state index in [0.717, 1.165) is 28.2 Å². The van der Waals surface area contributed by atoms with Crippen molar-refractivity contribution in [3.63, 3.8) is 0 Å². The van der Waals surface area contributed by atoms with E-state index in [4.69, 9.17) is 6.42 Å². The van der Waals surface area contributed by atoms with Gasteiger partial charge in [0.25, 0.3) is 0 Å². The Kier molecular flexibility index (Phi) is 7.43. The second kappa shape index (κ2) is 10.6. The molecular weight excluding hydrogens is 391 g/mol. The maximum Gasteiger partial charge on any atom is 0.131 e. The summed E-state index contributed by atoms with van der Waals surface area (Å²) in [6, 6.07) is 21.8. The lowest BCUT2D eigenvalue weighted by atomic mass is 9.77. The Balaban J connectivity index is 0.00000204. The van der Waals surface area contributed by atoms with Crippen LogP contribution in [0.4, 0.5) is 4.39 Å². The van der Waals surface area contributed by atoms with Gasteiger partial charge in [0, 0.05) is 14.0 Å². The Morgan fingerprint density at radius 2 is 1.50 bits per heavy atom. The van der Waals surface area contributed by atoms with Crippen molar-refractivity contribution in [1.82, 2.24) is 0 Å². The molecule has 1 aliphatic rings. The predicted molar refractivity (Wildman–Crippen MR) is 138 cm³/mol. The zero-order valence-corrected chi connectivity index (χ0v) is 19.1. The summed E-state index contributed by atoms with van der Waals surface area (Å²) in [6.45, 7) is 2.28.